The number of hydrogen-bond donors (Lipinski definition) is 2. The average molecular weight is 373 g/mol. The van der Waals surface area contributed by atoms with E-state index in [0.29, 0.717) is 5.02 Å². The first-order chi connectivity index (χ1) is 11.4. The highest BCUT2D eigenvalue weighted by Gasteiger charge is 2.14. The third-order valence-corrected chi connectivity index (χ3v) is 4.34. The summed E-state index contributed by atoms with van der Waals surface area (Å²) in [4.78, 5) is 17.9. The predicted molar refractivity (Wildman–Crippen MR) is 86.0 cm³/mol. The van der Waals surface area contributed by atoms with Crippen LogP contribution in [0, 0.1) is 5.82 Å². The molecular weight excluding hydrogens is 359 g/mol. The van der Waals surface area contributed by atoms with E-state index in [0.717, 1.165) is 29.8 Å². The minimum atomic E-state index is -3.98. The molecule has 2 aromatic rings. The van der Waals surface area contributed by atoms with Gasteiger partial charge in [-0.2, -0.15) is 0 Å². The Bertz CT molecular complexity index is 812. The molecule has 0 aliphatic heterocycles. The van der Waals surface area contributed by atoms with Gasteiger partial charge in [0, 0.05) is 11.6 Å². The second-order valence-corrected chi connectivity index (χ2v) is 6.82. The van der Waals surface area contributed by atoms with Crippen LogP contribution in [0.25, 0.3) is 0 Å². The van der Waals surface area contributed by atoms with Crippen molar-refractivity contribution in [3.8, 4) is 0 Å². The molecule has 0 unspecified atom stereocenters. The molecule has 0 saturated carbocycles. The van der Waals surface area contributed by atoms with E-state index in [4.69, 9.17) is 11.6 Å². The summed E-state index contributed by atoms with van der Waals surface area (Å²) in [6, 6.07) is 11.1. The van der Waals surface area contributed by atoms with E-state index in [1.54, 1.807) is 29.2 Å². The topological polar surface area (TPSA) is 84.5 Å². The van der Waals surface area contributed by atoms with Crippen LogP contribution >= 0.6 is 11.6 Å². The zero-order chi connectivity index (χ0) is 17.6. The fourth-order valence-corrected chi connectivity index (χ4v) is 2.75. The molecule has 0 spiro atoms. The molecule has 6 nitrogen and oxygen atoms in total. The number of rotatable bonds is 7. The molecule has 2 rings (SSSR count). The molecule has 0 saturated heterocycles. The van der Waals surface area contributed by atoms with Crippen molar-refractivity contribution in [1.82, 2.24) is 10.2 Å². The van der Waals surface area contributed by atoms with Crippen LogP contribution in [0.5, 0.6) is 0 Å². The number of hydrogen-bond acceptors (Lipinski definition) is 4. The maximum atomic E-state index is 12.8. The van der Waals surface area contributed by atoms with E-state index in [9.17, 15) is 17.6 Å². The average Bonchev–Trinajstić information content (AvgIpc) is 2.53. The van der Waals surface area contributed by atoms with Crippen LogP contribution < -0.4 is 10.2 Å². The molecule has 0 atom stereocenters. The van der Waals surface area contributed by atoms with Gasteiger partial charge in [-0.25, -0.2) is 12.8 Å². The Morgan fingerprint density at radius 1 is 1.17 bits per heavy atom. The van der Waals surface area contributed by atoms with E-state index >= 15 is 0 Å². The maximum absolute atomic E-state index is 12.8. The molecule has 24 heavy (non-hydrogen) atoms. The first-order valence-electron chi connectivity index (χ1n) is 6.77. The third kappa shape index (κ3) is 5.57. The number of benzene rings is 2. The zero-order valence-corrected chi connectivity index (χ0v) is 13.9. The predicted octanol–water partition coefficient (Wildman–Crippen LogP) is 2.01. The van der Waals surface area contributed by atoms with Gasteiger partial charge in [-0.3, -0.25) is 9.63 Å². The first kappa shape index (κ1) is 18.3. The molecule has 2 N–H and O–H groups in total. The lowest BCUT2D eigenvalue weighted by molar-refractivity contribution is -0.126. The summed E-state index contributed by atoms with van der Waals surface area (Å²) in [6.45, 7) is -0.283. The van der Waals surface area contributed by atoms with Gasteiger partial charge in [-0.1, -0.05) is 28.6 Å². The van der Waals surface area contributed by atoms with Crippen LogP contribution in [0.15, 0.2) is 53.4 Å². The molecule has 128 valence electrons. The van der Waals surface area contributed by atoms with Crippen molar-refractivity contribution in [1.29, 1.82) is 0 Å². The summed E-state index contributed by atoms with van der Waals surface area (Å²) in [7, 11) is -3.98. The quantitative estimate of drug-likeness (QED) is 0.728. The Balaban J connectivity index is 1.78. The summed E-state index contributed by atoms with van der Waals surface area (Å²) < 4.78 is 36.4. The van der Waals surface area contributed by atoms with Crippen molar-refractivity contribution in [2.75, 3.05) is 6.61 Å². The highest BCUT2D eigenvalue weighted by molar-refractivity contribution is 7.89. The molecular formula is C15H14ClFN2O4S. The number of sulfonamides is 1. The number of carbonyl (C=O) groups is 1. The van der Waals surface area contributed by atoms with Gasteiger partial charge in [0.15, 0.2) is 0 Å². The van der Waals surface area contributed by atoms with E-state index in [-0.39, 0.29) is 11.4 Å². The summed E-state index contributed by atoms with van der Waals surface area (Å²) in [5.74, 6) is -1.08. The lowest BCUT2D eigenvalue weighted by Crippen LogP contribution is -2.32. The lowest BCUT2D eigenvalue weighted by atomic mass is 10.2. The van der Waals surface area contributed by atoms with Gasteiger partial charge in [-0.15, -0.1) is 0 Å². The van der Waals surface area contributed by atoms with Crippen molar-refractivity contribution in [3.63, 3.8) is 0 Å². The largest absolute Gasteiger partial charge is 0.350 e. The molecule has 0 aromatic heterocycles. The van der Waals surface area contributed by atoms with E-state index in [1.807, 2.05) is 0 Å². The molecule has 0 heterocycles. The summed E-state index contributed by atoms with van der Waals surface area (Å²) in [6.07, 6.45) is 0. The zero-order valence-electron chi connectivity index (χ0n) is 12.3. The van der Waals surface area contributed by atoms with Gasteiger partial charge < -0.3 is 5.32 Å². The molecule has 1 amide bonds. The first-order valence-corrected chi connectivity index (χ1v) is 8.63. The van der Waals surface area contributed by atoms with Crippen LogP contribution in [0.4, 0.5) is 4.39 Å². The van der Waals surface area contributed by atoms with E-state index in [1.165, 1.54) is 0 Å². The van der Waals surface area contributed by atoms with Crippen molar-refractivity contribution in [3.05, 3.63) is 64.9 Å². The molecule has 0 aliphatic rings. The second kappa shape index (κ2) is 8.20. The molecule has 0 fully saturated rings. The Hall–Kier alpha value is -2.00. The van der Waals surface area contributed by atoms with E-state index in [2.05, 4.69) is 10.2 Å². The van der Waals surface area contributed by atoms with E-state index < -0.39 is 28.4 Å². The van der Waals surface area contributed by atoms with Gasteiger partial charge in [0.2, 0.25) is 5.91 Å². The minimum absolute atomic E-state index is 0.178. The highest BCUT2D eigenvalue weighted by atomic mass is 35.5. The van der Waals surface area contributed by atoms with Gasteiger partial charge in [-0.05, 0) is 42.0 Å². The summed E-state index contributed by atoms with van der Waals surface area (Å²) in [5.41, 5.74) is 0.794. The normalized spacial score (nSPS) is 11.2. The smallest absolute Gasteiger partial charge is 0.262 e. The fourth-order valence-electron chi connectivity index (χ4n) is 1.73. The van der Waals surface area contributed by atoms with Crippen LogP contribution in [0.1, 0.15) is 5.56 Å². The molecule has 9 heteroatoms. The second-order valence-electron chi connectivity index (χ2n) is 4.74. The maximum Gasteiger partial charge on any atom is 0.262 e. The van der Waals surface area contributed by atoms with Crippen molar-refractivity contribution in [2.45, 2.75) is 11.4 Å². The Kier molecular flexibility index (Phi) is 6.27. The molecule has 0 radical (unpaired) electrons. The minimum Gasteiger partial charge on any atom is -0.350 e. The third-order valence-electron chi connectivity index (χ3n) is 2.87. The van der Waals surface area contributed by atoms with Gasteiger partial charge in [0.25, 0.3) is 10.0 Å². The standard InChI is InChI=1S/C15H14ClFN2O4S/c16-12-3-1-2-11(8-12)9-18-15(20)10-23-19-24(21,22)14-6-4-13(17)5-7-14/h1-8,19H,9-10H2,(H,18,20). The van der Waals surface area contributed by atoms with Crippen LogP contribution in [0.3, 0.4) is 0 Å². The van der Waals surface area contributed by atoms with Crippen LogP contribution in [0.2, 0.25) is 5.02 Å². The Morgan fingerprint density at radius 2 is 1.88 bits per heavy atom. The monoisotopic (exact) mass is 372 g/mol. The summed E-state index contributed by atoms with van der Waals surface area (Å²) in [5, 5.41) is 3.10. The van der Waals surface area contributed by atoms with Crippen molar-refractivity contribution < 1.29 is 22.4 Å². The lowest BCUT2D eigenvalue weighted by Gasteiger charge is -2.08. The molecule has 0 bridgehead atoms. The van der Waals surface area contributed by atoms with Gasteiger partial charge in [0.05, 0.1) is 4.90 Å². The number of nitrogens with one attached hydrogen (secondary N) is 2. The fraction of sp³-hybridized carbons (Fsp3) is 0.133. The Labute approximate surface area is 143 Å². The van der Waals surface area contributed by atoms with Crippen LogP contribution in [-0.4, -0.2) is 20.9 Å². The molecule has 0 aliphatic carbocycles. The number of halogens is 2. The summed E-state index contributed by atoms with van der Waals surface area (Å²) >= 11 is 5.82. The number of amides is 1. The van der Waals surface area contributed by atoms with Crippen molar-refractivity contribution in [2.24, 2.45) is 0 Å². The van der Waals surface area contributed by atoms with Crippen LogP contribution in [-0.2, 0) is 26.2 Å². The van der Waals surface area contributed by atoms with Crippen molar-refractivity contribution >= 4 is 27.5 Å². The number of carbonyl (C=O) groups excluding carboxylic acids is 1. The Morgan fingerprint density at radius 3 is 2.54 bits per heavy atom. The molecule has 2 aromatic carbocycles. The SMILES string of the molecule is O=C(CONS(=O)(=O)c1ccc(F)cc1)NCc1cccc(Cl)c1. The highest BCUT2D eigenvalue weighted by Crippen LogP contribution is 2.10. The van der Waals surface area contributed by atoms with Gasteiger partial charge >= 0.3 is 0 Å². The van der Waals surface area contributed by atoms with Gasteiger partial charge in [0.1, 0.15) is 12.4 Å².